The number of rotatable bonds is 5. The summed E-state index contributed by atoms with van der Waals surface area (Å²) in [6.45, 7) is 4.33. The first-order valence-corrected chi connectivity index (χ1v) is 12.3. The van der Waals surface area contributed by atoms with Crippen molar-refractivity contribution in [1.29, 1.82) is 0 Å². The van der Waals surface area contributed by atoms with Crippen molar-refractivity contribution in [3.63, 3.8) is 0 Å². The SMILES string of the molecule is CCN1CC2(COC)CC[C@H](O)C34C1C([C@H](OC)[C@H]23)[C@]1(O)[C@H]2[C@@H](O)[C@H](C[C@H]24)[C@@H](OC)[C@@H]1O. The van der Waals surface area contributed by atoms with Gasteiger partial charge in [-0.15, -0.1) is 0 Å². The van der Waals surface area contributed by atoms with Crippen LogP contribution in [0.3, 0.4) is 0 Å². The minimum Gasteiger partial charge on any atom is -0.392 e. The standard InChI is InChI=1S/C24H39NO7/c1-5-25-9-22(10-30-2)7-6-13(26)23-12-8-11-16(27)14(12)24(29,21(28)17(11)31-3)15(20(23)25)18(32-4)19(22)23/h11-21,26-29H,5-10H2,1-4H3/t11-,12+,13-,14+,15?,16-,17+,18-,19+,20?,21-,22?,23?,24+/m0/s1. The van der Waals surface area contributed by atoms with Gasteiger partial charge in [0.15, 0.2) is 0 Å². The zero-order chi connectivity index (χ0) is 22.8. The van der Waals surface area contributed by atoms with E-state index < -0.39 is 47.3 Å². The van der Waals surface area contributed by atoms with E-state index in [1.54, 1.807) is 21.3 Å². The maximum atomic E-state index is 12.5. The lowest BCUT2D eigenvalue weighted by Crippen LogP contribution is -2.78. The van der Waals surface area contributed by atoms with Crippen molar-refractivity contribution in [3.8, 4) is 0 Å². The van der Waals surface area contributed by atoms with Gasteiger partial charge >= 0.3 is 0 Å². The molecule has 0 amide bonds. The predicted molar refractivity (Wildman–Crippen MR) is 114 cm³/mol. The first kappa shape index (κ1) is 22.2. The van der Waals surface area contributed by atoms with Crippen LogP contribution in [0.25, 0.3) is 0 Å². The van der Waals surface area contributed by atoms with Gasteiger partial charge in [0.25, 0.3) is 0 Å². The highest BCUT2D eigenvalue weighted by Gasteiger charge is 2.87. The van der Waals surface area contributed by atoms with Crippen molar-refractivity contribution in [2.75, 3.05) is 41.0 Å². The number of piperidine rings is 1. The average Bonchev–Trinajstić information content (AvgIpc) is 3.19. The summed E-state index contributed by atoms with van der Waals surface area (Å²) < 4.78 is 17.7. The minimum absolute atomic E-state index is 0.000250. The van der Waals surface area contributed by atoms with E-state index in [1.807, 2.05) is 0 Å². The van der Waals surface area contributed by atoms with Gasteiger partial charge in [0.2, 0.25) is 0 Å². The molecule has 182 valence electrons. The molecule has 1 saturated heterocycles. The third-order valence-corrected chi connectivity index (χ3v) is 11.2. The molecule has 4 N–H and O–H groups in total. The molecular formula is C24H39NO7. The zero-order valence-electron chi connectivity index (χ0n) is 19.6. The Kier molecular flexibility index (Phi) is 4.76. The molecule has 1 heterocycles. The highest BCUT2D eigenvalue weighted by molar-refractivity contribution is 5.36. The van der Waals surface area contributed by atoms with E-state index in [0.29, 0.717) is 19.4 Å². The van der Waals surface area contributed by atoms with E-state index in [1.165, 1.54) is 0 Å². The first-order valence-electron chi connectivity index (χ1n) is 12.3. The molecule has 14 atom stereocenters. The highest BCUT2D eigenvalue weighted by atomic mass is 16.5. The lowest BCUT2D eigenvalue weighted by Gasteiger charge is -2.69. The molecule has 0 aromatic carbocycles. The topological polar surface area (TPSA) is 112 Å². The van der Waals surface area contributed by atoms with Crippen LogP contribution in [0.15, 0.2) is 0 Å². The van der Waals surface area contributed by atoms with Crippen molar-refractivity contribution in [1.82, 2.24) is 4.90 Å². The van der Waals surface area contributed by atoms with Crippen molar-refractivity contribution in [2.45, 2.75) is 68.3 Å². The lowest BCUT2D eigenvalue weighted by molar-refractivity contribution is -0.297. The Labute approximate surface area is 189 Å². The maximum Gasteiger partial charge on any atom is 0.110 e. The summed E-state index contributed by atoms with van der Waals surface area (Å²) in [7, 11) is 4.98. The van der Waals surface area contributed by atoms with Gasteiger partial charge in [0.1, 0.15) is 11.7 Å². The van der Waals surface area contributed by atoms with Crippen LogP contribution >= 0.6 is 0 Å². The molecule has 7 bridgehead atoms. The van der Waals surface area contributed by atoms with E-state index in [-0.39, 0.29) is 35.3 Å². The fourth-order valence-corrected chi connectivity index (χ4v) is 10.7. The van der Waals surface area contributed by atoms with Crippen molar-refractivity contribution >= 4 is 0 Å². The van der Waals surface area contributed by atoms with Crippen LogP contribution in [-0.4, -0.2) is 109 Å². The van der Waals surface area contributed by atoms with Crippen LogP contribution in [-0.2, 0) is 14.2 Å². The van der Waals surface area contributed by atoms with E-state index in [9.17, 15) is 20.4 Å². The molecule has 5 saturated carbocycles. The summed E-state index contributed by atoms with van der Waals surface area (Å²) >= 11 is 0. The Bertz CT molecular complexity index is 783. The largest absolute Gasteiger partial charge is 0.392 e. The molecule has 6 rings (SSSR count). The number of likely N-dealkylation sites (tertiary alicyclic amines) is 1. The van der Waals surface area contributed by atoms with Gasteiger partial charge in [0, 0.05) is 68.4 Å². The van der Waals surface area contributed by atoms with Crippen LogP contribution in [0.4, 0.5) is 0 Å². The van der Waals surface area contributed by atoms with Gasteiger partial charge < -0.3 is 34.6 Å². The van der Waals surface area contributed by atoms with Gasteiger partial charge in [-0.25, -0.2) is 0 Å². The summed E-state index contributed by atoms with van der Waals surface area (Å²) in [5.41, 5.74) is -2.24. The van der Waals surface area contributed by atoms with Crippen LogP contribution < -0.4 is 0 Å². The molecule has 6 fully saturated rings. The molecule has 6 aliphatic rings. The molecule has 0 aromatic rings. The monoisotopic (exact) mass is 453 g/mol. The summed E-state index contributed by atoms with van der Waals surface area (Å²) in [5.74, 6) is -1.29. The molecule has 1 aliphatic heterocycles. The molecule has 4 unspecified atom stereocenters. The van der Waals surface area contributed by atoms with Crippen molar-refractivity contribution < 1.29 is 34.6 Å². The highest BCUT2D eigenvalue weighted by Crippen LogP contribution is 2.79. The Morgan fingerprint density at radius 2 is 1.75 bits per heavy atom. The predicted octanol–water partition coefficient (Wildman–Crippen LogP) is -0.527. The molecular weight excluding hydrogens is 414 g/mol. The molecule has 0 aromatic heterocycles. The van der Waals surface area contributed by atoms with E-state index in [2.05, 4.69) is 11.8 Å². The Morgan fingerprint density at radius 1 is 1.03 bits per heavy atom. The molecule has 5 aliphatic carbocycles. The smallest absolute Gasteiger partial charge is 0.110 e. The minimum atomic E-state index is -1.54. The first-order chi connectivity index (χ1) is 15.3. The quantitative estimate of drug-likeness (QED) is 0.440. The van der Waals surface area contributed by atoms with Gasteiger partial charge in [-0.2, -0.15) is 0 Å². The second-order valence-electron chi connectivity index (χ2n) is 11.6. The summed E-state index contributed by atoms with van der Waals surface area (Å²) in [6.07, 6.45) is -1.22. The average molecular weight is 454 g/mol. The van der Waals surface area contributed by atoms with E-state index >= 15 is 0 Å². The number of nitrogens with zero attached hydrogens (tertiary/aromatic N) is 1. The van der Waals surface area contributed by atoms with Crippen molar-refractivity contribution in [2.24, 2.45) is 40.4 Å². The Hall–Kier alpha value is -0.320. The third-order valence-electron chi connectivity index (χ3n) is 11.2. The summed E-state index contributed by atoms with van der Waals surface area (Å²) in [6, 6.07) is -0.120. The van der Waals surface area contributed by atoms with Crippen LogP contribution in [0.1, 0.15) is 26.2 Å². The zero-order valence-corrected chi connectivity index (χ0v) is 19.6. The number of aliphatic hydroxyl groups is 4. The number of hydrogen-bond acceptors (Lipinski definition) is 8. The van der Waals surface area contributed by atoms with E-state index in [0.717, 1.165) is 19.5 Å². The summed E-state index contributed by atoms with van der Waals surface area (Å²) in [4.78, 5) is 2.42. The van der Waals surface area contributed by atoms with Gasteiger partial charge in [-0.3, -0.25) is 4.90 Å². The molecule has 8 nitrogen and oxygen atoms in total. The number of hydrogen-bond donors (Lipinski definition) is 4. The van der Waals surface area contributed by atoms with E-state index in [4.69, 9.17) is 14.2 Å². The van der Waals surface area contributed by atoms with Crippen molar-refractivity contribution in [3.05, 3.63) is 0 Å². The number of methoxy groups -OCH3 is 3. The van der Waals surface area contributed by atoms with Crippen LogP contribution in [0, 0.1) is 40.4 Å². The lowest BCUT2D eigenvalue weighted by atomic mass is 9.43. The van der Waals surface area contributed by atoms with Gasteiger partial charge in [-0.05, 0) is 31.7 Å². The van der Waals surface area contributed by atoms with Gasteiger partial charge in [-0.1, -0.05) is 6.92 Å². The van der Waals surface area contributed by atoms with Gasteiger partial charge in [0.05, 0.1) is 31.0 Å². The molecule has 0 radical (unpaired) electrons. The Balaban J connectivity index is 1.64. The second kappa shape index (κ2) is 6.88. The van der Waals surface area contributed by atoms with Crippen LogP contribution in [0.2, 0.25) is 0 Å². The normalized spacial score (nSPS) is 62.4. The Morgan fingerprint density at radius 3 is 2.38 bits per heavy atom. The third kappa shape index (κ3) is 2.07. The molecule has 1 spiro atoms. The number of fused-ring (bicyclic) bond motifs is 2. The number of ether oxygens (including phenoxy) is 3. The second-order valence-corrected chi connectivity index (χ2v) is 11.6. The number of aliphatic hydroxyl groups excluding tert-OH is 3. The maximum absolute atomic E-state index is 12.5. The fraction of sp³-hybridized carbons (Fsp3) is 1.00. The molecule has 32 heavy (non-hydrogen) atoms. The molecule has 8 heteroatoms. The summed E-state index contributed by atoms with van der Waals surface area (Å²) in [5, 5.41) is 47.3. The fourth-order valence-electron chi connectivity index (χ4n) is 10.7. The van der Waals surface area contributed by atoms with Crippen LogP contribution in [0.5, 0.6) is 0 Å².